The van der Waals surface area contributed by atoms with Crippen molar-refractivity contribution in [2.75, 3.05) is 5.73 Å². The van der Waals surface area contributed by atoms with Crippen molar-refractivity contribution in [1.29, 1.82) is 0 Å². The van der Waals surface area contributed by atoms with Gasteiger partial charge in [-0.2, -0.15) is 10.2 Å². The van der Waals surface area contributed by atoms with E-state index in [1.807, 2.05) is 26.0 Å². The van der Waals surface area contributed by atoms with Crippen LogP contribution in [0, 0.1) is 0 Å². The van der Waals surface area contributed by atoms with Crippen molar-refractivity contribution in [3.8, 4) is 0 Å². The fraction of sp³-hybridized carbons (Fsp3) is 0.300. The second-order valence-corrected chi connectivity index (χ2v) is 3.39. The molecule has 1 rings (SSSR count). The Morgan fingerprint density at radius 3 is 2.60 bits per heavy atom. The molecule has 0 saturated carbocycles. The molecule has 0 fully saturated rings. The van der Waals surface area contributed by atoms with E-state index in [0.29, 0.717) is 11.5 Å². The second-order valence-electron chi connectivity index (χ2n) is 3.39. The van der Waals surface area contributed by atoms with Crippen LogP contribution in [0.5, 0.6) is 0 Å². The number of hydrogen-bond donors (Lipinski definition) is 2. The third-order valence-corrected chi connectivity index (χ3v) is 1.65. The quantitative estimate of drug-likeness (QED) is 0.192. The molecule has 0 unspecified atom stereocenters. The lowest BCUT2D eigenvalue weighted by Gasteiger charge is -2.00. The van der Waals surface area contributed by atoms with Gasteiger partial charge < -0.3 is 11.6 Å². The van der Waals surface area contributed by atoms with Gasteiger partial charge in [-0.1, -0.05) is 12.1 Å². The van der Waals surface area contributed by atoms with Crippen molar-refractivity contribution < 1.29 is 0 Å². The van der Waals surface area contributed by atoms with Gasteiger partial charge in [0.25, 0.3) is 0 Å². The molecule has 0 atom stereocenters. The molecular weight excluding hydrogens is 190 g/mol. The monoisotopic (exact) mass is 205 g/mol. The number of anilines is 1. The minimum atomic E-state index is 0.114. The summed E-state index contributed by atoms with van der Waals surface area (Å²) in [7, 11) is 0. The maximum absolute atomic E-state index is 5.64. The van der Waals surface area contributed by atoms with Crippen LogP contribution in [-0.2, 0) is 0 Å². The number of azo groups is 1. The largest absolute Gasteiger partial charge is 0.399 e. The average molecular weight is 205 g/mol. The molecule has 0 aliphatic carbocycles. The Labute approximate surface area is 88.9 Å². The van der Waals surface area contributed by atoms with E-state index in [0.717, 1.165) is 5.56 Å². The van der Waals surface area contributed by atoms with Gasteiger partial charge in [-0.3, -0.25) is 0 Å². The van der Waals surface area contributed by atoms with E-state index in [1.54, 1.807) is 12.1 Å². The molecule has 1 aromatic rings. The molecule has 15 heavy (non-hydrogen) atoms. The SMILES string of the molecule is CC(C)N=NC(=NN)c1cccc(N)c1. The van der Waals surface area contributed by atoms with Gasteiger partial charge in [0.05, 0.1) is 6.04 Å². The molecule has 4 N–H and O–H groups in total. The second kappa shape index (κ2) is 5.09. The zero-order valence-corrected chi connectivity index (χ0v) is 8.88. The molecule has 0 aliphatic rings. The Bertz CT molecular complexity index is 381. The van der Waals surface area contributed by atoms with Gasteiger partial charge in [-0.05, 0) is 26.0 Å². The first-order valence-electron chi connectivity index (χ1n) is 4.68. The van der Waals surface area contributed by atoms with Crippen LogP contribution in [0.2, 0.25) is 0 Å². The lowest BCUT2D eigenvalue weighted by molar-refractivity contribution is 0.783. The highest BCUT2D eigenvalue weighted by Gasteiger charge is 2.02. The third-order valence-electron chi connectivity index (χ3n) is 1.65. The van der Waals surface area contributed by atoms with Crippen LogP contribution in [0.3, 0.4) is 0 Å². The topological polar surface area (TPSA) is 89.1 Å². The van der Waals surface area contributed by atoms with Gasteiger partial charge in [-0.15, -0.1) is 5.11 Å². The van der Waals surface area contributed by atoms with Gasteiger partial charge >= 0.3 is 0 Å². The number of nitrogen functional groups attached to an aromatic ring is 1. The first kappa shape index (κ1) is 11.2. The molecule has 0 saturated heterocycles. The maximum Gasteiger partial charge on any atom is 0.200 e. The fourth-order valence-electron chi connectivity index (χ4n) is 1.01. The summed E-state index contributed by atoms with van der Waals surface area (Å²) in [5.41, 5.74) is 7.05. The first-order valence-corrected chi connectivity index (χ1v) is 4.68. The van der Waals surface area contributed by atoms with E-state index in [4.69, 9.17) is 11.6 Å². The summed E-state index contributed by atoms with van der Waals surface area (Å²) >= 11 is 0. The molecule has 0 bridgehead atoms. The van der Waals surface area contributed by atoms with E-state index in [9.17, 15) is 0 Å². The highest BCUT2D eigenvalue weighted by molar-refractivity contribution is 5.99. The number of hydrazone groups is 1. The first-order chi connectivity index (χ1) is 7.13. The zero-order chi connectivity index (χ0) is 11.3. The number of nitrogens with zero attached hydrogens (tertiary/aromatic N) is 3. The van der Waals surface area contributed by atoms with Crippen molar-refractivity contribution in [2.45, 2.75) is 19.9 Å². The summed E-state index contributed by atoms with van der Waals surface area (Å²) in [6.45, 7) is 3.86. The van der Waals surface area contributed by atoms with E-state index >= 15 is 0 Å². The Kier molecular flexibility index (Phi) is 3.79. The average Bonchev–Trinajstić information content (AvgIpc) is 2.18. The standard InChI is InChI=1S/C10H15N5/c1-7(2)14-15-10(13-12)8-4-3-5-9(11)6-8/h3-7H,11-12H2,1-2H3. The van der Waals surface area contributed by atoms with E-state index < -0.39 is 0 Å². The van der Waals surface area contributed by atoms with Gasteiger partial charge in [0.15, 0.2) is 5.84 Å². The molecule has 0 aliphatic heterocycles. The summed E-state index contributed by atoms with van der Waals surface area (Å²) in [6.07, 6.45) is 0. The summed E-state index contributed by atoms with van der Waals surface area (Å²) in [6, 6.07) is 7.31. The van der Waals surface area contributed by atoms with Crippen LogP contribution in [0.4, 0.5) is 5.69 Å². The van der Waals surface area contributed by atoms with Crippen molar-refractivity contribution in [3.63, 3.8) is 0 Å². The normalized spacial score (nSPS) is 12.6. The number of rotatable bonds is 2. The van der Waals surface area contributed by atoms with E-state index in [1.165, 1.54) is 0 Å². The summed E-state index contributed by atoms with van der Waals surface area (Å²) in [5.74, 6) is 5.62. The predicted octanol–water partition coefficient (Wildman–Crippen LogP) is 1.75. The Balaban J connectivity index is 2.94. The molecular formula is C10H15N5. The summed E-state index contributed by atoms with van der Waals surface area (Å²) < 4.78 is 0. The minimum absolute atomic E-state index is 0.114. The van der Waals surface area contributed by atoms with Crippen LogP contribution in [0.15, 0.2) is 39.6 Å². The third kappa shape index (κ3) is 3.38. The number of amidine groups is 1. The summed E-state index contributed by atoms with van der Waals surface area (Å²) in [4.78, 5) is 0. The highest BCUT2D eigenvalue weighted by Crippen LogP contribution is 2.08. The molecule has 0 amide bonds. The number of benzene rings is 1. The maximum atomic E-state index is 5.64. The van der Waals surface area contributed by atoms with Gasteiger partial charge in [0.2, 0.25) is 0 Å². The van der Waals surface area contributed by atoms with E-state index in [-0.39, 0.29) is 6.04 Å². The number of nitrogens with two attached hydrogens (primary N) is 2. The minimum Gasteiger partial charge on any atom is -0.399 e. The van der Waals surface area contributed by atoms with Crippen LogP contribution in [0.25, 0.3) is 0 Å². The van der Waals surface area contributed by atoms with Crippen molar-refractivity contribution >= 4 is 11.5 Å². The molecule has 0 aromatic heterocycles. The van der Waals surface area contributed by atoms with Crippen LogP contribution in [0.1, 0.15) is 19.4 Å². The Morgan fingerprint density at radius 2 is 2.07 bits per heavy atom. The highest BCUT2D eigenvalue weighted by atomic mass is 15.2. The van der Waals surface area contributed by atoms with Crippen molar-refractivity contribution in [2.24, 2.45) is 21.2 Å². The Hall–Kier alpha value is -1.91. The summed E-state index contributed by atoms with van der Waals surface area (Å²) in [5, 5.41) is 11.5. The Morgan fingerprint density at radius 1 is 1.33 bits per heavy atom. The molecule has 0 radical (unpaired) electrons. The lowest BCUT2D eigenvalue weighted by atomic mass is 10.2. The molecule has 5 heteroatoms. The number of hydrogen-bond acceptors (Lipinski definition) is 4. The van der Waals surface area contributed by atoms with Crippen LogP contribution in [-0.4, -0.2) is 11.9 Å². The molecule has 80 valence electrons. The van der Waals surface area contributed by atoms with Crippen molar-refractivity contribution in [1.82, 2.24) is 0 Å². The molecule has 5 nitrogen and oxygen atoms in total. The van der Waals surface area contributed by atoms with Crippen LogP contribution >= 0.6 is 0 Å². The van der Waals surface area contributed by atoms with Crippen molar-refractivity contribution in [3.05, 3.63) is 29.8 Å². The van der Waals surface area contributed by atoms with Crippen LogP contribution < -0.4 is 11.6 Å². The molecule has 0 heterocycles. The fourth-order valence-corrected chi connectivity index (χ4v) is 1.01. The molecule has 1 aromatic carbocycles. The van der Waals surface area contributed by atoms with Gasteiger partial charge in [-0.25, -0.2) is 0 Å². The van der Waals surface area contributed by atoms with E-state index in [2.05, 4.69) is 15.3 Å². The lowest BCUT2D eigenvalue weighted by Crippen LogP contribution is -2.02. The van der Waals surface area contributed by atoms with Gasteiger partial charge in [0.1, 0.15) is 0 Å². The molecule has 0 spiro atoms. The zero-order valence-electron chi connectivity index (χ0n) is 8.88. The van der Waals surface area contributed by atoms with Gasteiger partial charge in [0, 0.05) is 11.3 Å². The smallest absolute Gasteiger partial charge is 0.200 e. The predicted molar refractivity (Wildman–Crippen MR) is 61.6 cm³/mol.